The van der Waals surface area contributed by atoms with E-state index in [-0.39, 0.29) is 6.98 Å². The van der Waals surface area contributed by atoms with Crippen molar-refractivity contribution in [3.05, 3.63) is 89.7 Å². The van der Waals surface area contributed by atoms with E-state index in [4.69, 9.17) is 16.5 Å². The largest absolute Gasteiger partial charge is 0.451 e. The summed E-state index contributed by atoms with van der Waals surface area (Å²) >= 11 is 6.02. The number of halogens is 1. The number of benzene rings is 2. The Morgan fingerprint density at radius 2 is 1.62 bits per heavy atom. The van der Waals surface area contributed by atoms with E-state index in [1.165, 1.54) is 0 Å². The van der Waals surface area contributed by atoms with Crippen molar-refractivity contribution in [3.63, 3.8) is 0 Å². The Bertz CT molecular complexity index is 853. The van der Waals surface area contributed by atoms with E-state index in [0.717, 1.165) is 22.7 Å². The number of para-hydroxylation sites is 1. The van der Waals surface area contributed by atoms with Crippen LogP contribution in [-0.4, -0.2) is 17.8 Å². The minimum atomic E-state index is -0.179. The topological polar surface area (TPSA) is 40.5 Å². The van der Waals surface area contributed by atoms with Crippen LogP contribution in [0, 0.1) is 0 Å². The van der Waals surface area contributed by atoms with Gasteiger partial charge in [-0.1, -0.05) is 48.0 Å². The van der Waals surface area contributed by atoms with Gasteiger partial charge in [0, 0.05) is 16.9 Å². The van der Waals surface area contributed by atoms with Gasteiger partial charge in [-0.05, 0) is 41.9 Å². The van der Waals surface area contributed by atoms with Crippen LogP contribution in [0.25, 0.3) is 0 Å². The first-order chi connectivity index (χ1) is 11.8. The van der Waals surface area contributed by atoms with Gasteiger partial charge in [-0.2, -0.15) is 0 Å². The maximum Gasteiger partial charge on any atom is 0.451 e. The molecular weight excluding hydrogens is 318 g/mol. The number of hydrazine groups is 1. The minimum absolute atomic E-state index is 0.179. The minimum Gasteiger partial charge on any atom is -0.300 e. The van der Waals surface area contributed by atoms with Gasteiger partial charge in [0.05, 0.1) is 0 Å². The van der Waals surface area contributed by atoms with E-state index < -0.39 is 0 Å². The molecule has 3 aromatic rings. The standard InChI is InChI=1S/C18H14BClN4/c20-15-11-9-14(10-12-15)19-22-18(17-8-4-5-13-21-17)23-24(19)16-6-2-1-3-7-16/h1-13H,(H,22,23). The smallest absolute Gasteiger partial charge is 0.300 e. The number of aromatic nitrogens is 1. The van der Waals surface area contributed by atoms with E-state index in [1.807, 2.05) is 77.7 Å². The fourth-order valence-corrected chi connectivity index (χ4v) is 2.79. The van der Waals surface area contributed by atoms with Gasteiger partial charge in [-0.3, -0.25) is 15.3 Å². The molecule has 1 N–H and O–H groups in total. The average Bonchev–Trinajstić information content (AvgIpc) is 3.09. The van der Waals surface area contributed by atoms with Crippen molar-refractivity contribution in [2.75, 3.05) is 4.92 Å². The van der Waals surface area contributed by atoms with E-state index in [0.29, 0.717) is 5.02 Å². The fourth-order valence-electron chi connectivity index (χ4n) is 2.66. The lowest BCUT2D eigenvalue weighted by atomic mass is 9.68. The van der Waals surface area contributed by atoms with Gasteiger partial charge in [-0.15, -0.1) is 0 Å². The lowest BCUT2D eigenvalue weighted by molar-refractivity contribution is 1.01. The molecule has 0 saturated carbocycles. The first-order valence-corrected chi connectivity index (χ1v) is 8.05. The number of pyridine rings is 1. The summed E-state index contributed by atoms with van der Waals surface area (Å²) in [7, 11) is 0. The Morgan fingerprint density at radius 3 is 2.33 bits per heavy atom. The molecule has 0 spiro atoms. The molecule has 2 aromatic carbocycles. The number of rotatable bonds is 3. The molecule has 2 heterocycles. The summed E-state index contributed by atoms with van der Waals surface area (Å²) in [5.41, 5.74) is 6.28. The van der Waals surface area contributed by atoms with Crippen molar-refractivity contribution >= 4 is 35.6 Å². The highest BCUT2D eigenvalue weighted by atomic mass is 35.5. The first-order valence-electron chi connectivity index (χ1n) is 7.67. The maximum absolute atomic E-state index is 6.02. The zero-order valence-electron chi connectivity index (χ0n) is 12.8. The summed E-state index contributed by atoms with van der Waals surface area (Å²) in [6.07, 6.45) is 1.77. The molecule has 1 aliphatic rings. The molecule has 4 nitrogen and oxygen atoms in total. The highest BCUT2D eigenvalue weighted by Crippen LogP contribution is 2.18. The first kappa shape index (κ1) is 14.8. The molecular formula is C18H14BClN4. The molecule has 4 rings (SSSR count). The van der Waals surface area contributed by atoms with Gasteiger partial charge < -0.3 is 4.92 Å². The van der Waals surface area contributed by atoms with Crippen molar-refractivity contribution in [1.82, 2.24) is 10.4 Å². The Labute approximate surface area is 145 Å². The second-order valence-corrected chi connectivity index (χ2v) is 5.87. The van der Waals surface area contributed by atoms with E-state index in [1.54, 1.807) is 6.20 Å². The monoisotopic (exact) mass is 332 g/mol. The second kappa shape index (κ2) is 6.38. The van der Waals surface area contributed by atoms with Crippen LogP contribution in [0.1, 0.15) is 5.69 Å². The maximum atomic E-state index is 6.02. The number of hydrogen-bond acceptors (Lipinski definition) is 4. The second-order valence-electron chi connectivity index (χ2n) is 5.44. The van der Waals surface area contributed by atoms with Crippen LogP contribution in [-0.2, 0) is 0 Å². The highest BCUT2D eigenvalue weighted by molar-refractivity contribution is 6.77. The van der Waals surface area contributed by atoms with Crippen molar-refractivity contribution < 1.29 is 0 Å². The number of nitrogens with one attached hydrogen (secondary N) is 1. The molecule has 0 aliphatic carbocycles. The number of hydrogen-bond donors (Lipinski definition) is 1. The van der Waals surface area contributed by atoms with Gasteiger partial charge in [0.2, 0.25) is 0 Å². The SMILES string of the molecule is Clc1ccc(B2N=C(c3ccccn3)NN2c2ccccc2)cc1. The third kappa shape index (κ3) is 2.86. The normalized spacial score (nSPS) is 13.6. The number of anilines is 1. The predicted octanol–water partition coefficient (Wildman–Crippen LogP) is 2.90. The molecule has 6 heteroatoms. The third-order valence-electron chi connectivity index (χ3n) is 3.83. The zero-order valence-corrected chi connectivity index (χ0v) is 13.6. The molecule has 0 saturated heterocycles. The Kier molecular flexibility index (Phi) is 3.93. The Morgan fingerprint density at radius 1 is 0.875 bits per heavy atom. The lowest BCUT2D eigenvalue weighted by Gasteiger charge is -2.23. The average molecular weight is 333 g/mol. The van der Waals surface area contributed by atoms with Crippen LogP contribution in [0.3, 0.4) is 0 Å². The van der Waals surface area contributed by atoms with Crippen LogP contribution in [0.2, 0.25) is 5.02 Å². The Balaban J connectivity index is 1.75. The summed E-state index contributed by atoms with van der Waals surface area (Å²) in [5, 5.41) is 0.713. The van der Waals surface area contributed by atoms with E-state index in [2.05, 4.69) is 10.4 Å². The van der Waals surface area contributed by atoms with Gasteiger partial charge in [-0.25, -0.2) is 0 Å². The summed E-state index contributed by atoms with van der Waals surface area (Å²) in [4.78, 5) is 11.3. The van der Waals surface area contributed by atoms with E-state index in [9.17, 15) is 0 Å². The summed E-state index contributed by atoms with van der Waals surface area (Å²) in [6.45, 7) is -0.179. The molecule has 0 atom stereocenters. The molecule has 0 fully saturated rings. The molecule has 24 heavy (non-hydrogen) atoms. The summed E-state index contributed by atoms with van der Waals surface area (Å²) in [5.74, 6) is 0.749. The molecule has 0 amide bonds. The molecule has 1 aliphatic heterocycles. The van der Waals surface area contributed by atoms with Gasteiger partial charge in [0.1, 0.15) is 5.69 Å². The number of amidine groups is 1. The van der Waals surface area contributed by atoms with Crippen molar-refractivity contribution in [3.8, 4) is 0 Å². The van der Waals surface area contributed by atoms with Crippen LogP contribution < -0.4 is 15.8 Å². The Hall–Kier alpha value is -2.79. The molecule has 0 unspecified atom stereocenters. The molecule has 0 radical (unpaired) electrons. The predicted molar refractivity (Wildman–Crippen MR) is 99.7 cm³/mol. The highest BCUT2D eigenvalue weighted by Gasteiger charge is 2.34. The molecule has 1 aromatic heterocycles. The summed E-state index contributed by atoms with van der Waals surface area (Å²) in [6, 6.07) is 23.7. The van der Waals surface area contributed by atoms with Crippen molar-refractivity contribution in [2.45, 2.75) is 0 Å². The molecule has 0 bridgehead atoms. The summed E-state index contributed by atoms with van der Waals surface area (Å²) < 4.78 is 0. The van der Waals surface area contributed by atoms with Gasteiger partial charge in [0.15, 0.2) is 5.84 Å². The van der Waals surface area contributed by atoms with Gasteiger partial charge >= 0.3 is 6.98 Å². The van der Waals surface area contributed by atoms with Crippen LogP contribution >= 0.6 is 11.6 Å². The van der Waals surface area contributed by atoms with Crippen LogP contribution in [0.5, 0.6) is 0 Å². The van der Waals surface area contributed by atoms with Gasteiger partial charge in [0.25, 0.3) is 0 Å². The lowest BCUT2D eigenvalue weighted by Crippen LogP contribution is -2.50. The zero-order chi connectivity index (χ0) is 16.4. The van der Waals surface area contributed by atoms with E-state index >= 15 is 0 Å². The number of nitrogens with zero attached hydrogens (tertiary/aromatic N) is 3. The van der Waals surface area contributed by atoms with Crippen molar-refractivity contribution in [2.24, 2.45) is 4.90 Å². The fraction of sp³-hybridized carbons (Fsp3) is 0. The molecule has 116 valence electrons. The third-order valence-corrected chi connectivity index (χ3v) is 4.08. The van der Waals surface area contributed by atoms with Crippen LogP contribution in [0.4, 0.5) is 5.69 Å². The van der Waals surface area contributed by atoms with Crippen LogP contribution in [0.15, 0.2) is 83.9 Å². The van der Waals surface area contributed by atoms with Crippen molar-refractivity contribution in [1.29, 1.82) is 0 Å². The quantitative estimate of drug-likeness (QED) is 0.750.